The van der Waals surface area contributed by atoms with Crippen LogP contribution in [-0.4, -0.2) is 52.3 Å². The van der Waals surface area contributed by atoms with Crippen molar-refractivity contribution in [2.24, 2.45) is 10.2 Å². The van der Waals surface area contributed by atoms with Crippen LogP contribution in [0.2, 0.25) is 0 Å². The summed E-state index contributed by atoms with van der Waals surface area (Å²) in [6.45, 7) is 5.29. The first-order valence-corrected chi connectivity index (χ1v) is 16.4. The van der Waals surface area contributed by atoms with Crippen molar-refractivity contribution >= 4 is 54.7 Å². The maximum absolute atomic E-state index is 14.5. The highest BCUT2D eigenvalue weighted by atomic mass is 32.2. The second-order valence-electron chi connectivity index (χ2n) is 9.65. The van der Waals surface area contributed by atoms with E-state index in [4.69, 9.17) is 0 Å². The summed E-state index contributed by atoms with van der Waals surface area (Å²) >= 11 is 0. The van der Waals surface area contributed by atoms with E-state index in [0.717, 1.165) is 5.56 Å². The molecular weight excluding hydrogens is 622 g/mol. The number of sulfonamides is 2. The standard InChI is InChI=1S/C29H32FN9O4S2/c1-18-6-15-25(30)26(16-18)33-29-34-27(38-36-19(2)21-7-11-23(12-8-21)44(40,41)31-4)17-28(35-29)39-37-20(3)22-9-13-24(14-10-22)45(42,43)32-5/h6-17,31-32H,1-5H3,(H3,33,34,35,38,39). The van der Waals surface area contributed by atoms with Crippen molar-refractivity contribution in [2.45, 2.75) is 30.6 Å². The Morgan fingerprint density at radius 1 is 0.689 bits per heavy atom. The Morgan fingerprint density at radius 2 is 1.13 bits per heavy atom. The van der Waals surface area contributed by atoms with Gasteiger partial charge in [-0.2, -0.15) is 20.2 Å². The van der Waals surface area contributed by atoms with Crippen LogP contribution in [0.1, 0.15) is 30.5 Å². The molecule has 0 aliphatic carbocycles. The molecule has 0 bridgehead atoms. The van der Waals surface area contributed by atoms with Gasteiger partial charge in [-0.15, -0.1) is 0 Å². The third-order valence-corrected chi connectivity index (χ3v) is 9.33. The lowest BCUT2D eigenvalue weighted by Crippen LogP contribution is -2.18. The fourth-order valence-electron chi connectivity index (χ4n) is 3.87. The lowest BCUT2D eigenvalue weighted by molar-refractivity contribution is 0.586. The van der Waals surface area contributed by atoms with Crippen LogP contribution in [0.4, 0.5) is 27.7 Å². The molecule has 45 heavy (non-hydrogen) atoms. The molecule has 0 amide bonds. The molecule has 0 saturated heterocycles. The Morgan fingerprint density at radius 3 is 1.56 bits per heavy atom. The quantitative estimate of drug-likeness (QED) is 0.111. The number of hydrogen-bond donors (Lipinski definition) is 5. The molecule has 16 heteroatoms. The van der Waals surface area contributed by atoms with E-state index in [1.165, 1.54) is 50.5 Å². The largest absolute Gasteiger partial charge is 0.322 e. The van der Waals surface area contributed by atoms with Gasteiger partial charge in [-0.3, -0.25) is 10.9 Å². The molecule has 236 valence electrons. The molecule has 0 unspecified atom stereocenters. The first-order chi connectivity index (χ1) is 21.3. The van der Waals surface area contributed by atoms with E-state index in [1.807, 2.05) is 6.92 Å². The van der Waals surface area contributed by atoms with Crippen molar-refractivity contribution in [3.8, 4) is 0 Å². The molecule has 1 aromatic heterocycles. The van der Waals surface area contributed by atoms with Gasteiger partial charge >= 0.3 is 0 Å². The summed E-state index contributed by atoms with van der Waals surface area (Å²) in [7, 11) is -4.48. The van der Waals surface area contributed by atoms with E-state index < -0.39 is 25.9 Å². The van der Waals surface area contributed by atoms with E-state index >= 15 is 0 Å². The minimum Gasteiger partial charge on any atom is -0.322 e. The number of nitrogens with one attached hydrogen (secondary N) is 5. The van der Waals surface area contributed by atoms with E-state index in [0.29, 0.717) is 22.6 Å². The number of hydrogen-bond acceptors (Lipinski definition) is 11. The fourth-order valence-corrected chi connectivity index (χ4v) is 5.33. The fraction of sp³-hybridized carbons (Fsp3) is 0.172. The molecular formula is C29H32FN9O4S2. The summed E-state index contributed by atoms with van der Waals surface area (Å²) in [6.07, 6.45) is 0. The van der Waals surface area contributed by atoms with Gasteiger partial charge in [-0.1, -0.05) is 30.3 Å². The van der Waals surface area contributed by atoms with Gasteiger partial charge in [-0.25, -0.2) is 30.7 Å². The number of benzene rings is 3. The molecule has 0 radical (unpaired) electrons. The second kappa shape index (κ2) is 13.9. The van der Waals surface area contributed by atoms with Crippen LogP contribution in [0.3, 0.4) is 0 Å². The number of rotatable bonds is 12. The zero-order valence-electron chi connectivity index (χ0n) is 25.0. The Bertz CT molecular complexity index is 1850. The molecule has 5 N–H and O–H groups in total. The summed E-state index contributed by atoms with van der Waals surface area (Å²) in [6, 6.07) is 18.5. The number of nitrogens with zero attached hydrogens (tertiary/aromatic N) is 4. The minimum atomic E-state index is -3.58. The average molecular weight is 654 g/mol. The Balaban J connectivity index is 1.61. The number of anilines is 4. The lowest BCUT2D eigenvalue weighted by Gasteiger charge is -2.11. The monoisotopic (exact) mass is 653 g/mol. The first-order valence-electron chi connectivity index (χ1n) is 13.4. The van der Waals surface area contributed by atoms with E-state index in [1.54, 1.807) is 50.2 Å². The van der Waals surface area contributed by atoms with Crippen molar-refractivity contribution in [2.75, 3.05) is 30.3 Å². The normalized spacial score (nSPS) is 12.6. The molecule has 13 nitrogen and oxygen atoms in total. The molecule has 0 saturated carbocycles. The van der Waals surface area contributed by atoms with Crippen LogP contribution in [0.15, 0.2) is 92.8 Å². The zero-order valence-corrected chi connectivity index (χ0v) is 26.7. The molecule has 0 fully saturated rings. The number of halogens is 1. The van der Waals surface area contributed by atoms with Crippen molar-refractivity contribution in [1.82, 2.24) is 19.4 Å². The predicted molar refractivity (Wildman–Crippen MR) is 173 cm³/mol. The molecule has 3 aromatic carbocycles. The molecule has 1 heterocycles. The third-order valence-electron chi connectivity index (χ3n) is 6.47. The van der Waals surface area contributed by atoms with Crippen molar-refractivity contribution in [1.29, 1.82) is 0 Å². The third kappa shape index (κ3) is 8.45. The molecule has 4 aromatic rings. The molecule has 0 atom stereocenters. The summed E-state index contributed by atoms with van der Waals surface area (Å²) < 4.78 is 67.2. The lowest BCUT2D eigenvalue weighted by atomic mass is 10.1. The highest BCUT2D eigenvalue weighted by molar-refractivity contribution is 7.89. The molecule has 0 aliphatic heterocycles. The highest BCUT2D eigenvalue weighted by Crippen LogP contribution is 2.22. The van der Waals surface area contributed by atoms with Crippen molar-refractivity contribution in [3.63, 3.8) is 0 Å². The average Bonchev–Trinajstić information content (AvgIpc) is 3.04. The van der Waals surface area contributed by atoms with E-state index in [2.05, 4.69) is 45.8 Å². The van der Waals surface area contributed by atoms with Gasteiger partial charge in [0.15, 0.2) is 11.6 Å². The maximum Gasteiger partial charge on any atom is 0.240 e. The predicted octanol–water partition coefficient (Wildman–Crippen LogP) is 4.16. The molecule has 4 rings (SSSR count). The molecule has 0 spiro atoms. The van der Waals surface area contributed by atoms with Crippen LogP contribution < -0.4 is 25.6 Å². The van der Waals surface area contributed by atoms with Crippen LogP contribution in [-0.2, 0) is 20.0 Å². The summed E-state index contributed by atoms with van der Waals surface area (Å²) in [5.74, 6) is 0.0424. The van der Waals surface area contributed by atoms with Crippen LogP contribution in [0.25, 0.3) is 0 Å². The van der Waals surface area contributed by atoms with Crippen LogP contribution in [0.5, 0.6) is 0 Å². The Labute approximate surface area is 261 Å². The smallest absolute Gasteiger partial charge is 0.240 e. The molecule has 0 aliphatic rings. The van der Waals surface area contributed by atoms with Gasteiger partial charge in [0.25, 0.3) is 0 Å². The summed E-state index contributed by atoms with van der Waals surface area (Å²) in [5, 5.41) is 11.6. The summed E-state index contributed by atoms with van der Waals surface area (Å²) in [4.78, 5) is 9.05. The Hall–Kier alpha value is -4.77. The number of aromatic nitrogens is 2. The topological polar surface area (TPSA) is 179 Å². The van der Waals surface area contributed by atoms with Gasteiger partial charge < -0.3 is 5.32 Å². The zero-order chi connectivity index (χ0) is 32.8. The summed E-state index contributed by atoms with van der Waals surface area (Å²) in [5.41, 5.74) is 9.12. The highest BCUT2D eigenvalue weighted by Gasteiger charge is 2.13. The van der Waals surface area contributed by atoms with Crippen molar-refractivity contribution in [3.05, 3.63) is 95.3 Å². The van der Waals surface area contributed by atoms with Gasteiger partial charge in [0.2, 0.25) is 26.0 Å². The van der Waals surface area contributed by atoms with Gasteiger partial charge in [-0.05, 0) is 88.0 Å². The second-order valence-corrected chi connectivity index (χ2v) is 13.4. The minimum absolute atomic E-state index is 0.0518. The van der Waals surface area contributed by atoms with Crippen LogP contribution in [0, 0.1) is 12.7 Å². The number of hydrazone groups is 2. The SMILES string of the molecule is CNS(=O)(=O)c1ccc(C(C)=NNc2cc(NN=C(C)c3ccc(S(=O)(=O)NC)cc3)nc(Nc3cc(C)ccc3F)n2)cc1. The van der Waals surface area contributed by atoms with E-state index in [9.17, 15) is 21.2 Å². The van der Waals surface area contributed by atoms with Gasteiger partial charge in [0, 0.05) is 6.07 Å². The maximum atomic E-state index is 14.5. The van der Waals surface area contributed by atoms with E-state index in [-0.39, 0.29) is 33.1 Å². The number of aryl methyl sites for hydroxylation is 1. The van der Waals surface area contributed by atoms with Crippen molar-refractivity contribution < 1.29 is 21.2 Å². The Kier molecular flexibility index (Phi) is 10.2. The van der Waals surface area contributed by atoms with Crippen LogP contribution >= 0.6 is 0 Å². The first kappa shape index (κ1) is 33.1. The van der Waals surface area contributed by atoms with Gasteiger partial charge in [0.05, 0.1) is 26.9 Å². The van der Waals surface area contributed by atoms with Gasteiger partial charge in [0.1, 0.15) is 5.82 Å².